The summed E-state index contributed by atoms with van der Waals surface area (Å²) >= 11 is 0. The van der Waals surface area contributed by atoms with Crippen LogP contribution in [-0.2, 0) is 4.79 Å². The number of hydrogen-bond acceptors (Lipinski definition) is 3. The maximum atomic E-state index is 11.7. The SMILES string of the molecule is Cc1ccc(C(=O)O)cc1NC(=O)CC(C)CN. The molecule has 0 radical (unpaired) electrons. The Balaban J connectivity index is 2.80. The van der Waals surface area contributed by atoms with Gasteiger partial charge in [0.25, 0.3) is 0 Å². The van der Waals surface area contributed by atoms with Gasteiger partial charge in [-0.15, -0.1) is 0 Å². The molecule has 1 atom stereocenters. The Bertz CT molecular complexity index is 458. The smallest absolute Gasteiger partial charge is 0.335 e. The highest BCUT2D eigenvalue weighted by molar-refractivity contribution is 5.94. The van der Waals surface area contributed by atoms with Crippen LogP contribution in [0.25, 0.3) is 0 Å². The van der Waals surface area contributed by atoms with Crippen molar-refractivity contribution < 1.29 is 14.7 Å². The number of carbonyl (C=O) groups is 2. The van der Waals surface area contributed by atoms with Gasteiger partial charge in [-0.1, -0.05) is 13.0 Å². The quantitative estimate of drug-likeness (QED) is 0.740. The Morgan fingerprint density at radius 2 is 2.11 bits per heavy atom. The number of aromatic carboxylic acids is 1. The first-order valence-electron chi connectivity index (χ1n) is 5.78. The predicted molar refractivity (Wildman–Crippen MR) is 69.6 cm³/mol. The van der Waals surface area contributed by atoms with E-state index in [1.54, 1.807) is 6.07 Å². The summed E-state index contributed by atoms with van der Waals surface area (Å²) in [6.07, 6.45) is 0.327. The van der Waals surface area contributed by atoms with Crippen LogP contribution in [0.4, 0.5) is 5.69 Å². The Labute approximate surface area is 106 Å². The van der Waals surface area contributed by atoms with Crippen LogP contribution in [0.1, 0.15) is 29.3 Å². The van der Waals surface area contributed by atoms with Crippen LogP contribution in [-0.4, -0.2) is 23.5 Å². The van der Waals surface area contributed by atoms with Crippen molar-refractivity contribution in [2.24, 2.45) is 11.7 Å². The average molecular weight is 250 g/mol. The van der Waals surface area contributed by atoms with Gasteiger partial charge in [0.1, 0.15) is 0 Å². The maximum Gasteiger partial charge on any atom is 0.335 e. The van der Waals surface area contributed by atoms with Crippen molar-refractivity contribution in [2.45, 2.75) is 20.3 Å². The molecule has 0 aliphatic carbocycles. The molecule has 0 aliphatic rings. The third-order valence-corrected chi connectivity index (χ3v) is 2.69. The van der Waals surface area contributed by atoms with Gasteiger partial charge >= 0.3 is 5.97 Å². The molecule has 18 heavy (non-hydrogen) atoms. The first-order chi connectivity index (χ1) is 8.43. The van der Waals surface area contributed by atoms with Crippen molar-refractivity contribution in [1.82, 2.24) is 0 Å². The molecule has 0 spiro atoms. The van der Waals surface area contributed by atoms with Crippen LogP contribution in [0.5, 0.6) is 0 Å². The summed E-state index contributed by atoms with van der Waals surface area (Å²) in [4.78, 5) is 22.5. The molecular formula is C13H18N2O3. The molecule has 1 unspecified atom stereocenters. The number of carboxylic acids is 1. The Kier molecular flexibility index (Phi) is 4.85. The molecule has 1 aromatic rings. The molecule has 0 fully saturated rings. The van der Waals surface area contributed by atoms with Crippen LogP contribution >= 0.6 is 0 Å². The summed E-state index contributed by atoms with van der Waals surface area (Å²) in [5.74, 6) is -1.06. The molecule has 4 N–H and O–H groups in total. The lowest BCUT2D eigenvalue weighted by Gasteiger charge is -2.11. The summed E-state index contributed by atoms with van der Waals surface area (Å²) in [7, 11) is 0. The monoisotopic (exact) mass is 250 g/mol. The molecule has 1 aromatic carbocycles. The van der Waals surface area contributed by atoms with Gasteiger partial charge in [0.05, 0.1) is 5.56 Å². The highest BCUT2D eigenvalue weighted by Gasteiger charge is 2.11. The van der Waals surface area contributed by atoms with Gasteiger partial charge in [-0.25, -0.2) is 4.79 Å². The largest absolute Gasteiger partial charge is 0.478 e. The van der Waals surface area contributed by atoms with E-state index >= 15 is 0 Å². The van der Waals surface area contributed by atoms with Crippen molar-refractivity contribution in [3.8, 4) is 0 Å². The third kappa shape index (κ3) is 3.85. The standard InChI is InChI=1S/C13H18N2O3/c1-8(7-14)5-12(16)15-11-6-10(13(17)18)4-3-9(11)2/h3-4,6,8H,5,7,14H2,1-2H3,(H,15,16)(H,17,18). The van der Waals surface area contributed by atoms with Crippen molar-refractivity contribution in [3.63, 3.8) is 0 Å². The minimum atomic E-state index is -1.01. The van der Waals surface area contributed by atoms with Crippen molar-refractivity contribution in [1.29, 1.82) is 0 Å². The number of anilines is 1. The molecule has 0 saturated heterocycles. The molecule has 1 amide bonds. The number of rotatable bonds is 5. The highest BCUT2D eigenvalue weighted by Crippen LogP contribution is 2.17. The average Bonchev–Trinajstić information content (AvgIpc) is 2.31. The normalized spacial score (nSPS) is 11.9. The molecule has 5 nitrogen and oxygen atoms in total. The van der Waals surface area contributed by atoms with Gasteiger partial charge in [-0.3, -0.25) is 4.79 Å². The number of nitrogens with two attached hydrogens (primary N) is 1. The van der Waals surface area contributed by atoms with E-state index in [1.807, 2.05) is 13.8 Å². The molecule has 1 rings (SSSR count). The fourth-order valence-electron chi connectivity index (χ4n) is 1.49. The lowest BCUT2D eigenvalue weighted by atomic mass is 10.1. The summed E-state index contributed by atoms with van der Waals surface area (Å²) in [6, 6.07) is 4.64. The summed E-state index contributed by atoms with van der Waals surface area (Å²) in [5, 5.41) is 11.6. The van der Waals surface area contributed by atoms with E-state index in [0.29, 0.717) is 18.7 Å². The van der Waals surface area contributed by atoms with Crippen molar-refractivity contribution in [3.05, 3.63) is 29.3 Å². The fourth-order valence-corrected chi connectivity index (χ4v) is 1.49. The van der Waals surface area contributed by atoms with E-state index < -0.39 is 5.97 Å². The number of nitrogens with one attached hydrogen (secondary N) is 1. The zero-order chi connectivity index (χ0) is 13.7. The van der Waals surface area contributed by atoms with Crippen LogP contribution in [0.2, 0.25) is 0 Å². The summed E-state index contributed by atoms with van der Waals surface area (Å²) in [5.41, 5.74) is 6.96. The topological polar surface area (TPSA) is 92.4 Å². The van der Waals surface area contributed by atoms with Crippen LogP contribution < -0.4 is 11.1 Å². The second-order valence-corrected chi connectivity index (χ2v) is 4.43. The zero-order valence-corrected chi connectivity index (χ0v) is 10.6. The Morgan fingerprint density at radius 3 is 2.67 bits per heavy atom. The van der Waals surface area contributed by atoms with E-state index in [4.69, 9.17) is 10.8 Å². The van der Waals surface area contributed by atoms with Crippen LogP contribution in [0, 0.1) is 12.8 Å². The van der Waals surface area contributed by atoms with Gasteiger partial charge in [0.2, 0.25) is 5.91 Å². The number of aryl methyl sites for hydroxylation is 1. The van der Waals surface area contributed by atoms with E-state index in [2.05, 4.69) is 5.32 Å². The van der Waals surface area contributed by atoms with E-state index in [1.165, 1.54) is 12.1 Å². The second-order valence-electron chi connectivity index (χ2n) is 4.43. The zero-order valence-electron chi connectivity index (χ0n) is 10.6. The number of carboxylic acid groups (broad SMARTS) is 1. The maximum absolute atomic E-state index is 11.7. The van der Waals surface area contributed by atoms with Gasteiger partial charge < -0.3 is 16.2 Å². The molecular weight excluding hydrogens is 232 g/mol. The number of hydrogen-bond donors (Lipinski definition) is 3. The number of amides is 1. The van der Waals surface area contributed by atoms with Crippen LogP contribution in [0.3, 0.4) is 0 Å². The Hall–Kier alpha value is -1.88. The summed E-state index contributed by atoms with van der Waals surface area (Å²) in [6.45, 7) is 4.15. The van der Waals surface area contributed by atoms with Gasteiger partial charge in [-0.05, 0) is 37.1 Å². The van der Waals surface area contributed by atoms with E-state index in [0.717, 1.165) is 5.56 Å². The van der Waals surface area contributed by atoms with E-state index in [9.17, 15) is 9.59 Å². The number of carbonyl (C=O) groups excluding carboxylic acids is 1. The van der Waals surface area contributed by atoms with Crippen LogP contribution in [0.15, 0.2) is 18.2 Å². The Morgan fingerprint density at radius 1 is 1.44 bits per heavy atom. The summed E-state index contributed by atoms with van der Waals surface area (Å²) < 4.78 is 0. The molecule has 5 heteroatoms. The van der Waals surface area contributed by atoms with E-state index in [-0.39, 0.29) is 17.4 Å². The van der Waals surface area contributed by atoms with Gasteiger partial charge in [0, 0.05) is 12.1 Å². The minimum Gasteiger partial charge on any atom is -0.478 e. The lowest BCUT2D eigenvalue weighted by molar-refractivity contribution is -0.116. The molecule has 0 aliphatic heterocycles. The second kappa shape index (κ2) is 6.16. The van der Waals surface area contributed by atoms with Crippen molar-refractivity contribution >= 4 is 17.6 Å². The van der Waals surface area contributed by atoms with Gasteiger partial charge in [0.15, 0.2) is 0 Å². The first-order valence-corrected chi connectivity index (χ1v) is 5.78. The molecule has 0 bridgehead atoms. The molecule has 98 valence electrons. The molecule has 0 aromatic heterocycles. The van der Waals surface area contributed by atoms with Crippen molar-refractivity contribution in [2.75, 3.05) is 11.9 Å². The number of benzene rings is 1. The molecule has 0 saturated carbocycles. The lowest BCUT2D eigenvalue weighted by Crippen LogP contribution is -2.20. The minimum absolute atomic E-state index is 0.105. The van der Waals surface area contributed by atoms with Gasteiger partial charge in [-0.2, -0.15) is 0 Å². The highest BCUT2D eigenvalue weighted by atomic mass is 16.4. The first kappa shape index (κ1) is 14.2. The molecule has 0 heterocycles. The predicted octanol–water partition coefficient (Wildman–Crippen LogP) is 1.62. The third-order valence-electron chi connectivity index (χ3n) is 2.69. The fraction of sp³-hybridized carbons (Fsp3) is 0.385.